The fourth-order valence-electron chi connectivity index (χ4n) is 10.1. The predicted octanol–water partition coefficient (Wildman–Crippen LogP) is 5.06. The average Bonchev–Trinajstić information content (AvgIpc) is 3.95. The topological polar surface area (TPSA) is 224 Å². The number of hydrogen-bond donors (Lipinski definition) is 5. The molecule has 0 unspecified atom stereocenters. The molecule has 7 aliphatic rings. The number of ether oxygens (including phenoxy) is 3. The van der Waals surface area contributed by atoms with Crippen molar-refractivity contribution in [3.05, 3.63) is 71.8 Å². The van der Waals surface area contributed by atoms with Gasteiger partial charge in [0.2, 0.25) is 17.7 Å². The summed E-state index contributed by atoms with van der Waals surface area (Å²) in [5.74, 6) is 0.472. The third-order valence-corrected chi connectivity index (χ3v) is 13.9. The smallest absolute Gasteiger partial charge is 0.410 e. The first-order chi connectivity index (χ1) is 35.2. The molecule has 20 heteroatoms. The lowest BCUT2D eigenvalue weighted by atomic mass is 9.95. The molecule has 0 bridgehead atoms. The van der Waals surface area contributed by atoms with Crippen LogP contribution in [-0.4, -0.2) is 172 Å². The first-order valence-electron chi connectivity index (χ1n) is 26.7. The van der Waals surface area contributed by atoms with E-state index in [1.165, 1.54) is 11.1 Å². The maximum Gasteiger partial charge on any atom is 0.410 e. The number of amides is 6. The Morgan fingerprint density at radius 2 is 0.867 bits per heavy atom. The van der Waals surface area contributed by atoms with Gasteiger partial charge in [-0.05, 0) is 99.4 Å². The Labute approximate surface area is 443 Å². The van der Waals surface area contributed by atoms with Crippen LogP contribution in [0, 0.1) is 0 Å². The molecule has 7 saturated heterocycles. The third-order valence-electron chi connectivity index (χ3n) is 13.9. The van der Waals surface area contributed by atoms with Crippen LogP contribution in [0.1, 0.15) is 125 Å². The number of Topliss-reactive ketones (excluding diaryl/α,β-unsaturated/α-hetero) is 1. The molecule has 9 rings (SSSR count). The Hall–Kier alpha value is -5.83. The molecule has 0 aromatic heterocycles. The molecule has 2 aromatic carbocycles. The molecule has 5 N–H and O–H groups in total. The highest BCUT2D eigenvalue weighted by Crippen LogP contribution is 2.33. The molecule has 7 heterocycles. The van der Waals surface area contributed by atoms with Gasteiger partial charge in [0.05, 0.1) is 36.6 Å². The van der Waals surface area contributed by atoms with Gasteiger partial charge in [0.1, 0.15) is 22.6 Å². The number of rotatable bonds is 4. The lowest BCUT2D eigenvalue weighted by Crippen LogP contribution is -2.59. The molecule has 6 amide bonds. The molecular formula is C55H84N10O10. The molecule has 0 atom stereocenters. The Bertz CT molecular complexity index is 2270. The van der Waals surface area contributed by atoms with E-state index in [0.29, 0.717) is 84.6 Å². The number of piperidine rings is 4. The molecule has 0 radical (unpaired) electrons. The van der Waals surface area contributed by atoms with E-state index in [-0.39, 0.29) is 58.8 Å². The van der Waals surface area contributed by atoms with Gasteiger partial charge in [-0.3, -0.25) is 34.3 Å². The summed E-state index contributed by atoms with van der Waals surface area (Å²) in [6.07, 6.45) is 4.90. The zero-order valence-electron chi connectivity index (χ0n) is 45.9. The van der Waals surface area contributed by atoms with Crippen LogP contribution in [0.25, 0.3) is 0 Å². The summed E-state index contributed by atoms with van der Waals surface area (Å²) in [4.78, 5) is 91.2. The summed E-state index contributed by atoms with van der Waals surface area (Å²) in [5.41, 5.74) is 0.261. The molecule has 75 heavy (non-hydrogen) atoms. The van der Waals surface area contributed by atoms with Crippen LogP contribution in [0.4, 0.5) is 14.4 Å². The van der Waals surface area contributed by atoms with Gasteiger partial charge < -0.3 is 50.2 Å². The van der Waals surface area contributed by atoms with Crippen LogP contribution in [0.2, 0.25) is 0 Å². The minimum absolute atomic E-state index is 0.0284. The predicted molar refractivity (Wildman–Crippen MR) is 283 cm³/mol. The van der Waals surface area contributed by atoms with E-state index in [4.69, 9.17) is 14.2 Å². The first kappa shape index (κ1) is 58.4. The second kappa shape index (κ2) is 24.9. The van der Waals surface area contributed by atoms with Gasteiger partial charge in [-0.15, -0.1) is 0 Å². The van der Waals surface area contributed by atoms with Crippen LogP contribution in [-0.2, 0) is 46.5 Å². The highest BCUT2D eigenvalue weighted by molar-refractivity contribution is 5.83. The molecule has 20 nitrogen and oxygen atoms in total. The summed E-state index contributed by atoms with van der Waals surface area (Å²) in [6.45, 7) is 24.9. The number of hydrogen-bond acceptors (Lipinski definition) is 14. The summed E-state index contributed by atoms with van der Waals surface area (Å²) in [6, 6.07) is 20.5. The van der Waals surface area contributed by atoms with Crippen LogP contribution in [0.5, 0.6) is 0 Å². The van der Waals surface area contributed by atoms with Crippen LogP contribution < -0.4 is 26.6 Å². The molecule has 2 aromatic rings. The molecule has 0 saturated carbocycles. The molecule has 0 aliphatic carbocycles. The Balaban J connectivity index is 0.000000166. The highest BCUT2D eigenvalue weighted by atomic mass is 16.6. The Kier molecular flexibility index (Phi) is 19.4. The SMILES string of the molecule is CC(C)(C)OC(=O)N1CCC(=O)CC1.CC(C)(C)OC(=O)N1CCC2(CC1)NC(=O)CN2Cc1ccccc1.CC(C)(C)OC(=O)N1CCC2(CC1)NCC(=O)N2.O=C1CN(Cc2ccccc2)C2(CCNCC2)N1. The molecular weight excluding hydrogens is 961 g/mol. The van der Waals surface area contributed by atoms with Crippen LogP contribution in [0.3, 0.4) is 0 Å². The number of likely N-dealkylation sites (tertiary alicyclic amines) is 3. The monoisotopic (exact) mass is 1040 g/mol. The van der Waals surface area contributed by atoms with Crippen LogP contribution >= 0.6 is 0 Å². The van der Waals surface area contributed by atoms with E-state index in [1.54, 1.807) is 14.7 Å². The fraction of sp³-hybridized carbons (Fsp3) is 0.655. The van der Waals surface area contributed by atoms with Gasteiger partial charge in [-0.25, -0.2) is 14.4 Å². The van der Waals surface area contributed by atoms with Gasteiger partial charge in [0.25, 0.3) is 0 Å². The van der Waals surface area contributed by atoms with Crippen molar-refractivity contribution in [3.63, 3.8) is 0 Å². The fourth-order valence-corrected chi connectivity index (χ4v) is 10.1. The van der Waals surface area contributed by atoms with Crippen LogP contribution in [0.15, 0.2) is 60.7 Å². The number of carbonyl (C=O) groups excluding carboxylic acids is 7. The van der Waals surface area contributed by atoms with Gasteiger partial charge in [-0.2, -0.15) is 0 Å². The minimum atomic E-state index is -0.493. The second-order valence-electron chi connectivity index (χ2n) is 23.5. The quantitative estimate of drug-likeness (QED) is 0.253. The van der Waals surface area contributed by atoms with Crippen molar-refractivity contribution >= 4 is 41.8 Å². The van der Waals surface area contributed by atoms with E-state index >= 15 is 0 Å². The van der Waals surface area contributed by atoms with E-state index in [9.17, 15) is 33.6 Å². The van der Waals surface area contributed by atoms with Crippen molar-refractivity contribution in [3.8, 4) is 0 Å². The third kappa shape index (κ3) is 17.6. The van der Waals surface area contributed by atoms with Gasteiger partial charge in [0, 0.05) is 90.9 Å². The maximum absolute atomic E-state index is 12.3. The number of benzene rings is 2. The van der Waals surface area contributed by atoms with E-state index in [0.717, 1.165) is 51.9 Å². The lowest BCUT2D eigenvalue weighted by Gasteiger charge is -2.44. The zero-order chi connectivity index (χ0) is 54.7. The highest BCUT2D eigenvalue weighted by Gasteiger charge is 2.48. The van der Waals surface area contributed by atoms with Gasteiger partial charge in [0.15, 0.2) is 0 Å². The van der Waals surface area contributed by atoms with E-state index < -0.39 is 16.8 Å². The van der Waals surface area contributed by atoms with Gasteiger partial charge >= 0.3 is 18.3 Å². The van der Waals surface area contributed by atoms with Crippen molar-refractivity contribution in [1.29, 1.82) is 0 Å². The van der Waals surface area contributed by atoms with E-state index in [2.05, 4.69) is 72.8 Å². The number of carbonyl (C=O) groups is 7. The average molecular weight is 1050 g/mol. The molecule has 7 fully saturated rings. The summed E-state index contributed by atoms with van der Waals surface area (Å²) < 4.78 is 16.0. The van der Waals surface area contributed by atoms with Crippen molar-refractivity contribution in [2.24, 2.45) is 0 Å². The molecule has 7 aliphatic heterocycles. The first-order valence-corrected chi connectivity index (χ1v) is 26.7. The minimum Gasteiger partial charge on any atom is -0.444 e. The summed E-state index contributed by atoms with van der Waals surface area (Å²) in [5, 5.41) is 15.8. The maximum atomic E-state index is 12.3. The molecule has 3 spiro atoms. The largest absolute Gasteiger partial charge is 0.444 e. The number of ketones is 1. The van der Waals surface area contributed by atoms with E-state index in [1.807, 2.05) is 86.6 Å². The van der Waals surface area contributed by atoms with Crippen molar-refractivity contribution in [1.82, 2.24) is 51.1 Å². The van der Waals surface area contributed by atoms with Crippen molar-refractivity contribution in [2.75, 3.05) is 72.0 Å². The summed E-state index contributed by atoms with van der Waals surface area (Å²) in [7, 11) is 0. The standard InChI is InChI=1S/C19H27N3O3.C14H19N3O.C12H21N3O3.C10H17NO3/c1-18(2,3)25-17(24)21-11-9-19(10-12-21)20-16(23)14-22(19)13-15-7-5-4-6-8-15;18-13-11-17(10-12-4-2-1-3-5-12)14(16-13)6-8-15-9-7-14;1-11(2,3)18-10(17)15-6-4-12(5-7-15)13-8-9(16)14-12;1-10(2,3)14-9(13)11-6-4-8(12)5-7-11/h4-8H,9-14H2,1-3H3,(H,20,23);1-5,15H,6-11H2,(H,16,18);13H,4-8H2,1-3H3,(H,14,16);4-7H2,1-3H3. The normalized spacial score (nSPS) is 21.4. The summed E-state index contributed by atoms with van der Waals surface area (Å²) >= 11 is 0. The number of nitrogens with zero attached hydrogens (tertiary/aromatic N) is 5. The zero-order valence-corrected chi connectivity index (χ0v) is 45.9. The van der Waals surface area contributed by atoms with Crippen molar-refractivity contribution < 1.29 is 47.8 Å². The Morgan fingerprint density at radius 3 is 1.24 bits per heavy atom. The number of nitrogens with one attached hydrogen (secondary N) is 5. The van der Waals surface area contributed by atoms with Gasteiger partial charge in [-0.1, -0.05) is 60.7 Å². The lowest BCUT2D eigenvalue weighted by molar-refractivity contribution is -0.121. The molecule has 414 valence electrons. The Morgan fingerprint density at radius 1 is 0.493 bits per heavy atom. The van der Waals surface area contributed by atoms with Crippen molar-refractivity contribution in [2.45, 2.75) is 161 Å². The second-order valence-corrected chi connectivity index (χ2v) is 23.5.